The lowest BCUT2D eigenvalue weighted by molar-refractivity contribution is 0.158. The summed E-state index contributed by atoms with van der Waals surface area (Å²) < 4.78 is 2.24. The van der Waals surface area contributed by atoms with Gasteiger partial charge in [-0.1, -0.05) is 26.2 Å². The average Bonchev–Trinajstić information content (AvgIpc) is 2.83. The summed E-state index contributed by atoms with van der Waals surface area (Å²) in [5.74, 6) is 0. The van der Waals surface area contributed by atoms with Crippen molar-refractivity contribution in [3.63, 3.8) is 0 Å². The van der Waals surface area contributed by atoms with Crippen molar-refractivity contribution in [2.75, 3.05) is 13.1 Å². The highest BCUT2D eigenvalue weighted by Crippen LogP contribution is 2.32. The first kappa shape index (κ1) is 12.2. The van der Waals surface area contributed by atoms with Crippen molar-refractivity contribution in [1.29, 1.82) is 0 Å². The lowest BCUT2D eigenvalue weighted by Crippen LogP contribution is -2.54. The smallest absolute Gasteiger partial charge is 0.0631 e. The van der Waals surface area contributed by atoms with Gasteiger partial charge >= 0.3 is 0 Å². The van der Waals surface area contributed by atoms with Gasteiger partial charge in [0.15, 0.2) is 0 Å². The average molecular weight is 247 g/mol. The summed E-state index contributed by atoms with van der Waals surface area (Å²) in [7, 11) is 0. The van der Waals surface area contributed by atoms with E-state index >= 15 is 0 Å². The van der Waals surface area contributed by atoms with Gasteiger partial charge in [0.25, 0.3) is 0 Å². The zero-order valence-corrected chi connectivity index (χ0v) is 11.5. The molecule has 3 rings (SSSR count). The van der Waals surface area contributed by atoms with Crippen molar-refractivity contribution in [1.82, 2.24) is 15.1 Å². The maximum Gasteiger partial charge on any atom is 0.0631 e. The molecule has 3 heteroatoms. The minimum Gasteiger partial charge on any atom is -0.316 e. The Morgan fingerprint density at radius 1 is 1.33 bits per heavy atom. The molecule has 0 unspecified atom stereocenters. The molecule has 100 valence electrons. The quantitative estimate of drug-likeness (QED) is 0.886. The Labute approximate surface area is 110 Å². The van der Waals surface area contributed by atoms with Crippen LogP contribution in [0.15, 0.2) is 12.3 Å². The van der Waals surface area contributed by atoms with Gasteiger partial charge in [-0.2, -0.15) is 5.10 Å². The predicted octanol–water partition coefficient (Wildman–Crippen LogP) is 2.93. The van der Waals surface area contributed by atoms with Crippen LogP contribution in [0.1, 0.15) is 57.2 Å². The first-order valence-corrected chi connectivity index (χ1v) is 7.56. The molecule has 2 aliphatic rings. The Morgan fingerprint density at radius 3 is 2.72 bits per heavy atom. The third-order valence-corrected chi connectivity index (χ3v) is 4.92. The highest BCUT2D eigenvalue weighted by atomic mass is 15.3. The van der Waals surface area contributed by atoms with E-state index in [1.807, 2.05) is 0 Å². The van der Waals surface area contributed by atoms with E-state index in [0.717, 1.165) is 6.42 Å². The zero-order valence-electron chi connectivity index (χ0n) is 11.5. The second-order valence-electron chi connectivity index (χ2n) is 6.21. The summed E-state index contributed by atoms with van der Waals surface area (Å²) in [6.45, 7) is 4.64. The van der Waals surface area contributed by atoms with E-state index in [1.165, 1.54) is 57.3 Å². The molecule has 0 bridgehead atoms. The fourth-order valence-electron chi connectivity index (χ4n) is 3.38. The van der Waals surface area contributed by atoms with Crippen LogP contribution in [0.4, 0.5) is 0 Å². The Kier molecular flexibility index (Phi) is 3.42. The Balaban J connectivity index is 1.65. The van der Waals surface area contributed by atoms with Gasteiger partial charge in [0, 0.05) is 24.7 Å². The summed E-state index contributed by atoms with van der Waals surface area (Å²) in [6.07, 6.45) is 11.4. The van der Waals surface area contributed by atoms with Crippen LogP contribution in [0.5, 0.6) is 0 Å². The zero-order chi connectivity index (χ0) is 12.4. The molecule has 0 spiro atoms. The molecule has 0 amide bonds. The Hall–Kier alpha value is -0.830. The van der Waals surface area contributed by atoms with Crippen molar-refractivity contribution in [3.8, 4) is 0 Å². The van der Waals surface area contributed by atoms with Crippen LogP contribution in [0.2, 0.25) is 0 Å². The van der Waals surface area contributed by atoms with Crippen LogP contribution in [-0.2, 0) is 6.42 Å². The summed E-state index contributed by atoms with van der Waals surface area (Å²) in [5.41, 5.74) is 1.79. The maximum atomic E-state index is 4.84. The van der Waals surface area contributed by atoms with Gasteiger partial charge in [0.05, 0.1) is 11.7 Å². The van der Waals surface area contributed by atoms with E-state index in [-0.39, 0.29) is 0 Å². The SMILES string of the molecule is CCC1(Cc2ccn(C3CCCCC3)n2)CNC1. The monoisotopic (exact) mass is 247 g/mol. The van der Waals surface area contributed by atoms with Gasteiger partial charge in [0.2, 0.25) is 0 Å². The fraction of sp³-hybridized carbons (Fsp3) is 0.800. The lowest BCUT2D eigenvalue weighted by atomic mass is 9.75. The van der Waals surface area contributed by atoms with Crippen LogP contribution in [-0.4, -0.2) is 22.9 Å². The maximum absolute atomic E-state index is 4.84. The molecule has 1 N–H and O–H groups in total. The standard InChI is InChI=1S/C15H25N3/c1-2-15(11-16-12-15)10-13-8-9-18(17-13)14-6-4-3-5-7-14/h8-9,14,16H,2-7,10-12H2,1H3. The third-order valence-electron chi connectivity index (χ3n) is 4.92. The Morgan fingerprint density at radius 2 is 2.11 bits per heavy atom. The van der Waals surface area contributed by atoms with Crippen LogP contribution < -0.4 is 5.32 Å². The topological polar surface area (TPSA) is 29.9 Å². The van der Waals surface area contributed by atoms with Crippen molar-refractivity contribution < 1.29 is 0 Å². The van der Waals surface area contributed by atoms with Crippen LogP contribution in [0.3, 0.4) is 0 Å². The van der Waals surface area contributed by atoms with Crippen LogP contribution >= 0.6 is 0 Å². The largest absolute Gasteiger partial charge is 0.316 e. The van der Waals surface area contributed by atoms with E-state index in [4.69, 9.17) is 5.10 Å². The number of hydrogen-bond donors (Lipinski definition) is 1. The third kappa shape index (κ3) is 2.33. The minimum atomic E-state index is 0.492. The molecule has 1 aliphatic heterocycles. The van der Waals surface area contributed by atoms with Gasteiger partial charge in [-0.3, -0.25) is 4.68 Å². The highest BCUT2D eigenvalue weighted by Gasteiger charge is 2.35. The van der Waals surface area contributed by atoms with E-state index < -0.39 is 0 Å². The van der Waals surface area contributed by atoms with Crippen molar-refractivity contribution in [2.24, 2.45) is 5.41 Å². The molecule has 3 nitrogen and oxygen atoms in total. The summed E-state index contributed by atoms with van der Waals surface area (Å²) in [5, 5.41) is 8.25. The first-order valence-electron chi connectivity index (χ1n) is 7.56. The normalized spacial score (nSPS) is 23.8. The molecule has 1 aromatic heterocycles. The number of nitrogens with one attached hydrogen (secondary N) is 1. The number of aromatic nitrogens is 2. The number of nitrogens with zero attached hydrogens (tertiary/aromatic N) is 2. The van der Waals surface area contributed by atoms with Gasteiger partial charge < -0.3 is 5.32 Å². The van der Waals surface area contributed by atoms with Gasteiger partial charge in [-0.15, -0.1) is 0 Å². The van der Waals surface area contributed by atoms with Crippen LogP contribution in [0.25, 0.3) is 0 Å². The molecule has 2 heterocycles. The van der Waals surface area contributed by atoms with Gasteiger partial charge in [-0.25, -0.2) is 0 Å². The Bertz CT molecular complexity index is 381. The molecule has 18 heavy (non-hydrogen) atoms. The summed E-state index contributed by atoms with van der Waals surface area (Å²) in [6, 6.07) is 2.91. The first-order chi connectivity index (χ1) is 8.81. The number of hydrogen-bond acceptors (Lipinski definition) is 2. The van der Waals surface area contributed by atoms with Crippen molar-refractivity contribution >= 4 is 0 Å². The summed E-state index contributed by atoms with van der Waals surface area (Å²) in [4.78, 5) is 0. The molecule has 0 aromatic carbocycles. The second kappa shape index (κ2) is 5.04. The molecule has 1 saturated carbocycles. The van der Waals surface area contributed by atoms with E-state index in [2.05, 4.69) is 29.2 Å². The molecule has 1 saturated heterocycles. The fourth-order valence-corrected chi connectivity index (χ4v) is 3.38. The molecule has 0 radical (unpaired) electrons. The van der Waals surface area contributed by atoms with Gasteiger partial charge in [-0.05, 0) is 31.7 Å². The molecule has 1 aromatic rings. The van der Waals surface area contributed by atoms with Gasteiger partial charge in [0.1, 0.15) is 0 Å². The molecular weight excluding hydrogens is 222 g/mol. The van der Waals surface area contributed by atoms with E-state index in [0.29, 0.717) is 11.5 Å². The summed E-state index contributed by atoms with van der Waals surface area (Å²) >= 11 is 0. The van der Waals surface area contributed by atoms with Crippen LogP contribution in [0, 0.1) is 5.41 Å². The van der Waals surface area contributed by atoms with E-state index in [1.54, 1.807) is 0 Å². The molecule has 2 fully saturated rings. The lowest BCUT2D eigenvalue weighted by Gasteiger charge is -2.41. The highest BCUT2D eigenvalue weighted by molar-refractivity contribution is 5.07. The molecule has 1 aliphatic carbocycles. The predicted molar refractivity (Wildman–Crippen MR) is 73.6 cm³/mol. The van der Waals surface area contributed by atoms with Crippen molar-refractivity contribution in [3.05, 3.63) is 18.0 Å². The molecule has 0 atom stereocenters. The minimum absolute atomic E-state index is 0.492. The van der Waals surface area contributed by atoms with E-state index in [9.17, 15) is 0 Å². The van der Waals surface area contributed by atoms with Crippen molar-refractivity contribution in [2.45, 2.75) is 57.9 Å². The second-order valence-corrected chi connectivity index (χ2v) is 6.21. The number of rotatable bonds is 4. The molecular formula is C15H25N3.